The Morgan fingerprint density at radius 1 is 1.26 bits per heavy atom. The van der Waals surface area contributed by atoms with Gasteiger partial charge in [0.25, 0.3) is 0 Å². The fourth-order valence-corrected chi connectivity index (χ4v) is 5.85. The number of nitrogens with one attached hydrogen (secondary N) is 1. The molecule has 0 aliphatic heterocycles. The van der Waals surface area contributed by atoms with E-state index in [-0.39, 0.29) is 11.3 Å². The van der Waals surface area contributed by atoms with Crippen molar-refractivity contribution in [3.05, 3.63) is 23.3 Å². The summed E-state index contributed by atoms with van der Waals surface area (Å²) in [5.41, 5.74) is 2.69. The quantitative estimate of drug-likeness (QED) is 0.650. The van der Waals surface area contributed by atoms with Crippen LogP contribution in [0.15, 0.2) is 23.3 Å². The third-order valence-corrected chi connectivity index (χ3v) is 7.57. The van der Waals surface area contributed by atoms with E-state index in [0.717, 1.165) is 32.4 Å². The SMILES string of the molecule is CC(C)C1=CC2=CCC3[C@](C)(C(=O)O)CCC[C@]3(C)[C@H]2CC1.CCNCC. The standard InChI is InChI=1S/C20H30O2.C4H11N/c1-13(2)14-6-8-16-15(12-14)7-9-17-19(16,3)10-5-11-20(17,4)18(21)22;1-3-5-4-2/h7,12-13,16-17H,5-6,8-11H2,1-4H3,(H,21,22);5H,3-4H2,1-2H3/t16-,17?,19+,20+;/m0./s1. The molecular formula is C24H41NO2. The van der Waals surface area contributed by atoms with Gasteiger partial charge in [-0.15, -0.1) is 0 Å². The molecule has 3 heteroatoms. The summed E-state index contributed by atoms with van der Waals surface area (Å²) in [4.78, 5) is 11.9. The van der Waals surface area contributed by atoms with Gasteiger partial charge in [-0.2, -0.15) is 0 Å². The fraction of sp³-hybridized carbons (Fsp3) is 0.792. The molecule has 4 atom stereocenters. The van der Waals surface area contributed by atoms with Crippen LogP contribution >= 0.6 is 0 Å². The lowest BCUT2D eigenvalue weighted by Crippen LogP contribution is -2.53. The molecule has 154 valence electrons. The van der Waals surface area contributed by atoms with Crippen LogP contribution < -0.4 is 5.32 Å². The van der Waals surface area contributed by atoms with Crippen LogP contribution in [0.1, 0.15) is 80.1 Å². The number of rotatable bonds is 4. The molecule has 1 fully saturated rings. The lowest BCUT2D eigenvalue weighted by molar-refractivity contribution is -0.162. The zero-order valence-corrected chi connectivity index (χ0v) is 18.4. The Bertz CT molecular complexity index is 589. The molecule has 0 aromatic carbocycles. The largest absolute Gasteiger partial charge is 0.481 e. The average Bonchev–Trinajstić information content (AvgIpc) is 2.62. The van der Waals surface area contributed by atoms with Crippen LogP contribution in [0.5, 0.6) is 0 Å². The van der Waals surface area contributed by atoms with Crippen molar-refractivity contribution in [1.82, 2.24) is 5.32 Å². The minimum absolute atomic E-state index is 0.161. The molecule has 0 spiro atoms. The number of hydrogen-bond acceptors (Lipinski definition) is 2. The summed E-state index contributed by atoms with van der Waals surface area (Å²) in [6.07, 6.45) is 11.2. The van der Waals surface area contributed by atoms with E-state index >= 15 is 0 Å². The zero-order chi connectivity index (χ0) is 20.2. The molecule has 3 rings (SSSR count). The van der Waals surface area contributed by atoms with Crippen molar-refractivity contribution in [3.8, 4) is 0 Å². The Morgan fingerprint density at radius 3 is 2.44 bits per heavy atom. The fourth-order valence-electron chi connectivity index (χ4n) is 5.85. The number of aliphatic carboxylic acids is 1. The Balaban J connectivity index is 0.000000465. The van der Waals surface area contributed by atoms with Gasteiger partial charge in [-0.1, -0.05) is 58.8 Å². The third-order valence-electron chi connectivity index (χ3n) is 7.57. The van der Waals surface area contributed by atoms with Gasteiger partial charge in [0, 0.05) is 0 Å². The monoisotopic (exact) mass is 375 g/mol. The van der Waals surface area contributed by atoms with E-state index in [0.29, 0.717) is 11.8 Å². The van der Waals surface area contributed by atoms with Crippen LogP contribution in [0.4, 0.5) is 0 Å². The number of hydrogen-bond donors (Lipinski definition) is 2. The van der Waals surface area contributed by atoms with E-state index in [4.69, 9.17) is 0 Å². The van der Waals surface area contributed by atoms with Crippen LogP contribution in [0.3, 0.4) is 0 Å². The zero-order valence-electron chi connectivity index (χ0n) is 18.4. The van der Waals surface area contributed by atoms with Crippen molar-refractivity contribution in [2.75, 3.05) is 13.1 Å². The van der Waals surface area contributed by atoms with Gasteiger partial charge in [0.2, 0.25) is 0 Å². The van der Waals surface area contributed by atoms with Gasteiger partial charge >= 0.3 is 5.97 Å². The Hall–Kier alpha value is -1.09. The van der Waals surface area contributed by atoms with E-state index in [9.17, 15) is 9.90 Å². The van der Waals surface area contributed by atoms with Crippen LogP contribution in [-0.2, 0) is 4.79 Å². The maximum absolute atomic E-state index is 11.9. The first-order valence-corrected chi connectivity index (χ1v) is 11.0. The second kappa shape index (κ2) is 8.94. The summed E-state index contributed by atoms with van der Waals surface area (Å²) in [5, 5.41) is 12.9. The van der Waals surface area contributed by atoms with Crippen molar-refractivity contribution < 1.29 is 9.90 Å². The second-order valence-electron chi connectivity index (χ2n) is 9.50. The van der Waals surface area contributed by atoms with Crippen LogP contribution in [0.2, 0.25) is 0 Å². The molecule has 2 N–H and O–H groups in total. The van der Waals surface area contributed by atoms with E-state index in [2.05, 4.69) is 52.1 Å². The summed E-state index contributed by atoms with van der Waals surface area (Å²) < 4.78 is 0. The lowest BCUT2D eigenvalue weighted by Gasteiger charge is -2.57. The molecule has 0 aromatic rings. The average molecular weight is 376 g/mol. The van der Waals surface area contributed by atoms with E-state index in [1.807, 2.05) is 6.92 Å². The molecule has 0 heterocycles. The van der Waals surface area contributed by atoms with E-state index in [1.165, 1.54) is 24.8 Å². The van der Waals surface area contributed by atoms with Gasteiger partial charge < -0.3 is 10.4 Å². The van der Waals surface area contributed by atoms with Gasteiger partial charge in [0.1, 0.15) is 0 Å². The summed E-state index contributed by atoms with van der Waals surface area (Å²) in [5.74, 6) is 0.888. The Labute approximate surface area is 166 Å². The van der Waals surface area contributed by atoms with Gasteiger partial charge in [-0.25, -0.2) is 0 Å². The second-order valence-corrected chi connectivity index (χ2v) is 9.50. The Morgan fingerprint density at radius 2 is 1.93 bits per heavy atom. The molecule has 27 heavy (non-hydrogen) atoms. The number of fused-ring (bicyclic) bond motifs is 3. The van der Waals surface area contributed by atoms with Gasteiger partial charge in [-0.3, -0.25) is 4.79 Å². The highest BCUT2D eigenvalue weighted by Crippen LogP contribution is 2.62. The van der Waals surface area contributed by atoms with E-state index < -0.39 is 11.4 Å². The molecule has 1 unspecified atom stereocenters. The van der Waals surface area contributed by atoms with Crippen molar-refractivity contribution >= 4 is 5.97 Å². The maximum atomic E-state index is 11.9. The molecule has 3 aliphatic rings. The highest BCUT2D eigenvalue weighted by molar-refractivity contribution is 5.75. The van der Waals surface area contributed by atoms with Crippen molar-refractivity contribution in [2.24, 2.45) is 28.6 Å². The van der Waals surface area contributed by atoms with Crippen LogP contribution in [0, 0.1) is 28.6 Å². The predicted octanol–water partition coefficient (Wildman–Crippen LogP) is 5.82. The van der Waals surface area contributed by atoms with Crippen molar-refractivity contribution in [2.45, 2.75) is 80.1 Å². The van der Waals surface area contributed by atoms with Crippen molar-refractivity contribution in [3.63, 3.8) is 0 Å². The van der Waals surface area contributed by atoms with Crippen LogP contribution in [0.25, 0.3) is 0 Å². The number of allylic oxidation sites excluding steroid dienone is 4. The minimum Gasteiger partial charge on any atom is -0.481 e. The van der Waals surface area contributed by atoms with Gasteiger partial charge in [0.15, 0.2) is 0 Å². The lowest BCUT2D eigenvalue weighted by atomic mass is 9.47. The van der Waals surface area contributed by atoms with E-state index in [1.54, 1.807) is 5.57 Å². The Kier molecular flexibility index (Phi) is 7.35. The molecule has 1 saturated carbocycles. The smallest absolute Gasteiger partial charge is 0.309 e. The van der Waals surface area contributed by atoms with Crippen molar-refractivity contribution in [1.29, 1.82) is 0 Å². The third kappa shape index (κ3) is 4.34. The summed E-state index contributed by atoms with van der Waals surface area (Å²) in [7, 11) is 0. The highest BCUT2D eigenvalue weighted by atomic mass is 16.4. The summed E-state index contributed by atoms with van der Waals surface area (Å²) in [6.45, 7) is 15.3. The molecule has 0 radical (unpaired) electrons. The van der Waals surface area contributed by atoms with Gasteiger partial charge in [0.05, 0.1) is 5.41 Å². The number of carboxylic acid groups (broad SMARTS) is 1. The topological polar surface area (TPSA) is 49.3 Å². The minimum atomic E-state index is -0.588. The molecule has 0 aromatic heterocycles. The number of carbonyl (C=O) groups is 1. The molecule has 0 amide bonds. The number of carboxylic acids is 1. The van der Waals surface area contributed by atoms with Gasteiger partial charge in [-0.05, 0) is 80.9 Å². The molecule has 0 saturated heterocycles. The first-order chi connectivity index (χ1) is 12.7. The molecule has 3 aliphatic carbocycles. The summed E-state index contributed by atoms with van der Waals surface area (Å²) in [6, 6.07) is 0. The normalized spacial score (nSPS) is 35.2. The molecule has 3 nitrogen and oxygen atoms in total. The first-order valence-electron chi connectivity index (χ1n) is 11.0. The predicted molar refractivity (Wildman–Crippen MR) is 114 cm³/mol. The summed E-state index contributed by atoms with van der Waals surface area (Å²) >= 11 is 0. The van der Waals surface area contributed by atoms with Crippen LogP contribution in [-0.4, -0.2) is 24.2 Å². The molecular weight excluding hydrogens is 334 g/mol. The molecule has 0 bridgehead atoms. The highest BCUT2D eigenvalue weighted by Gasteiger charge is 2.57. The maximum Gasteiger partial charge on any atom is 0.309 e. The first kappa shape index (κ1) is 22.2.